The van der Waals surface area contributed by atoms with Gasteiger partial charge in [-0.25, -0.2) is 0 Å². The highest BCUT2D eigenvalue weighted by molar-refractivity contribution is 5.91. The average Bonchev–Trinajstić information content (AvgIpc) is 3.17. The molecule has 1 aromatic heterocycles. The summed E-state index contributed by atoms with van der Waals surface area (Å²) in [6.07, 6.45) is 0. The zero-order valence-corrected chi connectivity index (χ0v) is 16.2. The largest absolute Gasteiger partial charge is 0.453 e. The highest BCUT2D eigenvalue weighted by Crippen LogP contribution is 2.14. The highest BCUT2D eigenvalue weighted by Gasteiger charge is 2.17. The molecule has 6 nitrogen and oxygen atoms in total. The van der Waals surface area contributed by atoms with Crippen LogP contribution in [0.3, 0.4) is 0 Å². The minimum atomic E-state index is -0.205. The van der Waals surface area contributed by atoms with Crippen molar-refractivity contribution in [1.29, 1.82) is 0 Å². The SMILES string of the molecule is CCN1CCN(Cc2ccccc2CNC(=O)c2ccc(COC)o2)CC1. The molecule has 0 aliphatic carbocycles. The fourth-order valence-corrected chi connectivity index (χ4v) is 3.37. The molecular weight excluding hydrogens is 342 g/mol. The normalized spacial score (nSPS) is 15.8. The van der Waals surface area contributed by atoms with Gasteiger partial charge in [-0.15, -0.1) is 0 Å². The summed E-state index contributed by atoms with van der Waals surface area (Å²) in [5.74, 6) is 0.758. The Kier molecular flexibility index (Phi) is 7.04. The van der Waals surface area contributed by atoms with E-state index >= 15 is 0 Å². The van der Waals surface area contributed by atoms with Crippen LogP contribution in [0.25, 0.3) is 0 Å². The second kappa shape index (κ2) is 9.69. The quantitative estimate of drug-likeness (QED) is 0.773. The molecule has 1 aliphatic heterocycles. The van der Waals surface area contributed by atoms with E-state index in [0.717, 1.165) is 44.8 Å². The molecule has 27 heavy (non-hydrogen) atoms. The molecule has 2 aromatic rings. The van der Waals surface area contributed by atoms with Crippen molar-refractivity contribution in [3.8, 4) is 0 Å². The summed E-state index contributed by atoms with van der Waals surface area (Å²) in [5.41, 5.74) is 2.41. The van der Waals surface area contributed by atoms with Crippen molar-refractivity contribution in [3.05, 3.63) is 59.0 Å². The molecule has 3 rings (SSSR count). The van der Waals surface area contributed by atoms with E-state index in [4.69, 9.17) is 9.15 Å². The van der Waals surface area contributed by atoms with Gasteiger partial charge in [-0.1, -0.05) is 31.2 Å². The van der Waals surface area contributed by atoms with E-state index in [1.807, 2.05) is 6.07 Å². The van der Waals surface area contributed by atoms with Crippen LogP contribution in [0.4, 0.5) is 0 Å². The molecule has 2 heterocycles. The third kappa shape index (κ3) is 5.42. The fraction of sp³-hybridized carbons (Fsp3) is 0.476. The van der Waals surface area contributed by atoms with Gasteiger partial charge in [0, 0.05) is 46.4 Å². The molecule has 0 atom stereocenters. The summed E-state index contributed by atoms with van der Waals surface area (Å²) >= 11 is 0. The zero-order valence-electron chi connectivity index (χ0n) is 16.2. The smallest absolute Gasteiger partial charge is 0.287 e. The summed E-state index contributed by atoms with van der Waals surface area (Å²) in [4.78, 5) is 17.3. The molecule has 0 saturated carbocycles. The Morgan fingerprint density at radius 2 is 1.78 bits per heavy atom. The Labute approximate surface area is 161 Å². The number of rotatable bonds is 8. The molecular formula is C21H29N3O3. The summed E-state index contributed by atoms with van der Waals surface area (Å²) in [6, 6.07) is 11.8. The first-order chi connectivity index (χ1) is 13.2. The van der Waals surface area contributed by atoms with E-state index in [0.29, 0.717) is 24.7 Å². The van der Waals surface area contributed by atoms with Crippen LogP contribution in [0.5, 0.6) is 0 Å². The number of carbonyl (C=O) groups is 1. The Hall–Kier alpha value is -2.15. The average molecular weight is 371 g/mol. The molecule has 1 aromatic carbocycles. The predicted octanol–water partition coefficient (Wildman–Crippen LogP) is 2.49. The second-order valence-electron chi connectivity index (χ2n) is 6.86. The van der Waals surface area contributed by atoms with Crippen LogP contribution in [0.1, 0.15) is 34.4 Å². The van der Waals surface area contributed by atoms with Gasteiger partial charge in [0.2, 0.25) is 0 Å². The Morgan fingerprint density at radius 3 is 2.48 bits per heavy atom. The van der Waals surface area contributed by atoms with Crippen LogP contribution in [0.2, 0.25) is 0 Å². The van der Waals surface area contributed by atoms with Gasteiger partial charge in [-0.2, -0.15) is 0 Å². The summed E-state index contributed by atoms with van der Waals surface area (Å²) < 4.78 is 10.5. The van der Waals surface area contributed by atoms with Gasteiger partial charge in [0.05, 0.1) is 0 Å². The number of nitrogens with zero attached hydrogens (tertiary/aromatic N) is 2. The Bertz CT molecular complexity index is 736. The van der Waals surface area contributed by atoms with Crippen molar-refractivity contribution >= 4 is 5.91 Å². The van der Waals surface area contributed by atoms with Crippen LogP contribution in [-0.4, -0.2) is 55.5 Å². The number of carbonyl (C=O) groups excluding carboxylic acids is 1. The van der Waals surface area contributed by atoms with Crippen molar-refractivity contribution in [2.45, 2.75) is 26.6 Å². The number of nitrogens with one attached hydrogen (secondary N) is 1. The lowest BCUT2D eigenvalue weighted by Crippen LogP contribution is -2.45. The minimum absolute atomic E-state index is 0.205. The molecule has 1 fully saturated rings. The molecule has 0 unspecified atom stereocenters. The third-order valence-electron chi connectivity index (χ3n) is 5.04. The first-order valence-corrected chi connectivity index (χ1v) is 9.57. The topological polar surface area (TPSA) is 58.0 Å². The third-order valence-corrected chi connectivity index (χ3v) is 5.04. The number of likely N-dealkylation sites (N-methyl/N-ethyl adjacent to an activating group) is 1. The number of ether oxygens (including phenoxy) is 1. The molecule has 6 heteroatoms. The lowest BCUT2D eigenvalue weighted by molar-refractivity contribution is 0.0914. The van der Waals surface area contributed by atoms with Gasteiger partial charge >= 0.3 is 0 Å². The number of methoxy groups -OCH3 is 1. The molecule has 0 bridgehead atoms. The van der Waals surface area contributed by atoms with E-state index in [1.165, 1.54) is 5.56 Å². The summed E-state index contributed by atoms with van der Waals surface area (Å²) in [6.45, 7) is 9.52. The predicted molar refractivity (Wildman–Crippen MR) is 104 cm³/mol. The maximum atomic E-state index is 12.3. The van der Waals surface area contributed by atoms with Crippen molar-refractivity contribution in [3.63, 3.8) is 0 Å². The zero-order chi connectivity index (χ0) is 19.1. The number of amides is 1. The molecule has 146 valence electrons. The van der Waals surface area contributed by atoms with Crippen LogP contribution in [0, 0.1) is 0 Å². The highest BCUT2D eigenvalue weighted by atomic mass is 16.5. The van der Waals surface area contributed by atoms with Gasteiger partial charge in [-0.05, 0) is 29.8 Å². The molecule has 0 radical (unpaired) electrons. The first-order valence-electron chi connectivity index (χ1n) is 9.57. The van der Waals surface area contributed by atoms with Crippen LogP contribution >= 0.6 is 0 Å². The number of furan rings is 1. The van der Waals surface area contributed by atoms with E-state index in [9.17, 15) is 4.79 Å². The van der Waals surface area contributed by atoms with Crippen molar-refractivity contribution < 1.29 is 13.9 Å². The van der Waals surface area contributed by atoms with Gasteiger partial charge in [0.25, 0.3) is 5.91 Å². The van der Waals surface area contributed by atoms with E-state index in [-0.39, 0.29) is 5.91 Å². The number of benzene rings is 1. The lowest BCUT2D eigenvalue weighted by Gasteiger charge is -2.34. The van der Waals surface area contributed by atoms with E-state index in [1.54, 1.807) is 19.2 Å². The van der Waals surface area contributed by atoms with Crippen LogP contribution in [0.15, 0.2) is 40.8 Å². The first kappa shape index (κ1) is 19.6. The van der Waals surface area contributed by atoms with Crippen molar-refractivity contribution in [1.82, 2.24) is 15.1 Å². The summed E-state index contributed by atoms with van der Waals surface area (Å²) in [5, 5.41) is 2.96. The lowest BCUT2D eigenvalue weighted by atomic mass is 10.1. The van der Waals surface area contributed by atoms with Gasteiger partial charge in [0.1, 0.15) is 12.4 Å². The minimum Gasteiger partial charge on any atom is -0.453 e. The molecule has 1 N–H and O–H groups in total. The van der Waals surface area contributed by atoms with Crippen molar-refractivity contribution in [2.24, 2.45) is 0 Å². The van der Waals surface area contributed by atoms with E-state index < -0.39 is 0 Å². The van der Waals surface area contributed by atoms with E-state index in [2.05, 4.69) is 40.2 Å². The van der Waals surface area contributed by atoms with Crippen LogP contribution in [-0.2, 0) is 24.4 Å². The van der Waals surface area contributed by atoms with Crippen molar-refractivity contribution in [2.75, 3.05) is 39.8 Å². The van der Waals surface area contributed by atoms with Gasteiger partial charge in [-0.3, -0.25) is 9.69 Å². The number of hydrogen-bond acceptors (Lipinski definition) is 5. The molecule has 1 saturated heterocycles. The Morgan fingerprint density at radius 1 is 1.07 bits per heavy atom. The number of piperazine rings is 1. The monoisotopic (exact) mass is 371 g/mol. The molecule has 0 spiro atoms. The van der Waals surface area contributed by atoms with Gasteiger partial charge in [0.15, 0.2) is 5.76 Å². The second-order valence-corrected chi connectivity index (χ2v) is 6.86. The molecule has 1 amide bonds. The maximum Gasteiger partial charge on any atom is 0.287 e. The summed E-state index contributed by atoms with van der Waals surface area (Å²) in [7, 11) is 1.60. The standard InChI is InChI=1S/C21H29N3O3/c1-3-23-10-12-24(13-11-23)15-18-7-5-4-6-17(18)14-22-21(25)20-9-8-19(27-20)16-26-2/h4-9H,3,10-16H2,1-2H3,(H,22,25). The fourth-order valence-electron chi connectivity index (χ4n) is 3.37. The maximum absolute atomic E-state index is 12.3. The number of hydrogen-bond donors (Lipinski definition) is 1. The van der Waals surface area contributed by atoms with Gasteiger partial charge < -0.3 is 19.4 Å². The molecule has 1 aliphatic rings. The Balaban J connectivity index is 1.56. The van der Waals surface area contributed by atoms with Crippen LogP contribution < -0.4 is 5.32 Å².